The second kappa shape index (κ2) is 10.9. The quantitative estimate of drug-likeness (QED) is 0.430. The summed E-state index contributed by atoms with van der Waals surface area (Å²) in [5.74, 6) is 0. The van der Waals surface area contributed by atoms with Crippen molar-refractivity contribution in [1.82, 2.24) is 4.90 Å². The molecule has 3 heteroatoms. The fourth-order valence-corrected chi connectivity index (χ4v) is 3.36. The van der Waals surface area contributed by atoms with Crippen molar-refractivity contribution in [3.63, 3.8) is 0 Å². The standard InChI is InChI=1S/C24H26ClNO/c25-24(20-27-19-23-14-8-3-9-15-23)18-26(16-21-10-4-1-5-11-21)17-22-12-6-2-7-13-22/h1-15,24H,16-20H2/t24-/m0/s1. The minimum atomic E-state index is -0.0545. The highest BCUT2D eigenvalue weighted by molar-refractivity contribution is 6.20. The lowest BCUT2D eigenvalue weighted by atomic mass is 10.1. The molecule has 0 saturated heterocycles. The lowest BCUT2D eigenvalue weighted by Gasteiger charge is -2.25. The highest BCUT2D eigenvalue weighted by atomic mass is 35.5. The second-order valence-electron chi connectivity index (χ2n) is 6.74. The SMILES string of the molecule is Cl[C@H](COCc1ccccc1)CN(Cc1ccccc1)Cc1ccccc1. The Morgan fingerprint density at radius 1 is 0.667 bits per heavy atom. The first-order valence-corrected chi connectivity index (χ1v) is 9.79. The second-order valence-corrected chi connectivity index (χ2v) is 7.36. The number of benzene rings is 3. The fraction of sp³-hybridized carbons (Fsp3) is 0.250. The lowest BCUT2D eigenvalue weighted by molar-refractivity contribution is 0.109. The Hall–Kier alpha value is -2.13. The number of hydrogen-bond acceptors (Lipinski definition) is 2. The normalized spacial score (nSPS) is 12.2. The van der Waals surface area contributed by atoms with Crippen LogP contribution in [-0.4, -0.2) is 23.4 Å². The number of halogens is 1. The Bertz CT molecular complexity index is 723. The first kappa shape index (κ1) is 19.6. The molecule has 0 saturated carbocycles. The predicted molar refractivity (Wildman–Crippen MR) is 113 cm³/mol. The van der Waals surface area contributed by atoms with Crippen LogP contribution >= 0.6 is 11.6 Å². The van der Waals surface area contributed by atoms with Gasteiger partial charge in [-0.2, -0.15) is 0 Å². The Morgan fingerprint density at radius 2 is 1.11 bits per heavy atom. The largest absolute Gasteiger partial charge is 0.375 e. The van der Waals surface area contributed by atoms with Crippen LogP contribution in [0.5, 0.6) is 0 Å². The van der Waals surface area contributed by atoms with Gasteiger partial charge in [0.05, 0.1) is 18.6 Å². The van der Waals surface area contributed by atoms with Gasteiger partial charge in [-0.1, -0.05) is 91.0 Å². The highest BCUT2D eigenvalue weighted by Crippen LogP contribution is 2.13. The molecule has 1 atom stereocenters. The molecule has 0 fully saturated rings. The molecule has 3 aromatic carbocycles. The van der Waals surface area contributed by atoms with Gasteiger partial charge < -0.3 is 4.74 Å². The van der Waals surface area contributed by atoms with Crippen LogP contribution in [0.3, 0.4) is 0 Å². The van der Waals surface area contributed by atoms with Crippen molar-refractivity contribution in [3.05, 3.63) is 108 Å². The van der Waals surface area contributed by atoms with Gasteiger partial charge in [0.25, 0.3) is 0 Å². The third-order valence-corrected chi connectivity index (χ3v) is 4.63. The number of nitrogens with zero attached hydrogens (tertiary/aromatic N) is 1. The van der Waals surface area contributed by atoms with Gasteiger partial charge in [-0.05, 0) is 16.7 Å². The molecule has 0 aliphatic heterocycles. The maximum atomic E-state index is 6.61. The number of ether oxygens (including phenoxy) is 1. The van der Waals surface area contributed by atoms with Crippen molar-refractivity contribution in [3.8, 4) is 0 Å². The number of alkyl halides is 1. The van der Waals surface area contributed by atoms with Gasteiger partial charge in [0.2, 0.25) is 0 Å². The monoisotopic (exact) mass is 379 g/mol. The number of rotatable bonds is 10. The van der Waals surface area contributed by atoms with Crippen LogP contribution in [0.25, 0.3) is 0 Å². The van der Waals surface area contributed by atoms with E-state index in [2.05, 4.69) is 65.6 Å². The molecule has 2 nitrogen and oxygen atoms in total. The van der Waals surface area contributed by atoms with E-state index in [1.165, 1.54) is 16.7 Å². The smallest absolute Gasteiger partial charge is 0.0717 e. The molecule has 3 aromatic rings. The van der Waals surface area contributed by atoms with Crippen LogP contribution in [-0.2, 0) is 24.4 Å². The molecule has 0 heterocycles. The van der Waals surface area contributed by atoms with E-state index in [0.29, 0.717) is 13.2 Å². The topological polar surface area (TPSA) is 12.5 Å². The number of hydrogen-bond donors (Lipinski definition) is 0. The van der Waals surface area contributed by atoms with Gasteiger partial charge >= 0.3 is 0 Å². The summed E-state index contributed by atoms with van der Waals surface area (Å²) in [5, 5.41) is -0.0545. The van der Waals surface area contributed by atoms with E-state index in [0.717, 1.165) is 19.6 Å². The van der Waals surface area contributed by atoms with Crippen LogP contribution in [0.2, 0.25) is 0 Å². The van der Waals surface area contributed by atoms with Gasteiger partial charge in [0.15, 0.2) is 0 Å². The van der Waals surface area contributed by atoms with Crippen LogP contribution in [0, 0.1) is 0 Å². The molecule has 0 N–H and O–H groups in total. The molecule has 0 radical (unpaired) electrons. The third-order valence-electron chi connectivity index (χ3n) is 4.36. The van der Waals surface area contributed by atoms with E-state index in [9.17, 15) is 0 Å². The Morgan fingerprint density at radius 3 is 1.59 bits per heavy atom. The molecule has 27 heavy (non-hydrogen) atoms. The van der Waals surface area contributed by atoms with E-state index >= 15 is 0 Å². The zero-order chi connectivity index (χ0) is 18.7. The van der Waals surface area contributed by atoms with E-state index in [-0.39, 0.29) is 5.38 Å². The molecular weight excluding hydrogens is 354 g/mol. The summed E-state index contributed by atoms with van der Waals surface area (Å²) in [6, 6.07) is 31.3. The van der Waals surface area contributed by atoms with Crippen LogP contribution in [0.4, 0.5) is 0 Å². The average molecular weight is 380 g/mol. The zero-order valence-electron chi connectivity index (χ0n) is 15.5. The summed E-state index contributed by atoms with van der Waals surface area (Å²) >= 11 is 6.61. The minimum Gasteiger partial charge on any atom is -0.375 e. The maximum Gasteiger partial charge on any atom is 0.0717 e. The molecule has 0 amide bonds. The maximum absolute atomic E-state index is 6.61. The van der Waals surface area contributed by atoms with Crippen LogP contribution in [0.15, 0.2) is 91.0 Å². The van der Waals surface area contributed by atoms with Gasteiger partial charge in [0.1, 0.15) is 0 Å². The summed E-state index contributed by atoms with van der Waals surface area (Å²) in [6.07, 6.45) is 0. The Balaban J connectivity index is 1.54. The van der Waals surface area contributed by atoms with Gasteiger partial charge in [-0.3, -0.25) is 4.90 Å². The van der Waals surface area contributed by atoms with Crippen molar-refractivity contribution < 1.29 is 4.74 Å². The summed E-state index contributed by atoms with van der Waals surface area (Å²) in [7, 11) is 0. The highest BCUT2D eigenvalue weighted by Gasteiger charge is 2.13. The molecule has 0 aliphatic carbocycles. The predicted octanol–water partition coefficient (Wildman–Crippen LogP) is 5.51. The van der Waals surface area contributed by atoms with Crippen molar-refractivity contribution in [2.24, 2.45) is 0 Å². The minimum absolute atomic E-state index is 0.0545. The zero-order valence-corrected chi connectivity index (χ0v) is 16.3. The molecule has 0 aromatic heterocycles. The van der Waals surface area contributed by atoms with Crippen LogP contribution < -0.4 is 0 Å². The van der Waals surface area contributed by atoms with E-state index in [4.69, 9.17) is 16.3 Å². The van der Waals surface area contributed by atoms with Crippen LogP contribution in [0.1, 0.15) is 16.7 Å². The van der Waals surface area contributed by atoms with E-state index in [1.54, 1.807) is 0 Å². The lowest BCUT2D eigenvalue weighted by Crippen LogP contribution is -2.31. The molecule has 3 rings (SSSR count). The molecule has 0 unspecified atom stereocenters. The Labute approximate surface area is 167 Å². The van der Waals surface area contributed by atoms with E-state index < -0.39 is 0 Å². The molecular formula is C24H26ClNO. The van der Waals surface area contributed by atoms with Crippen molar-refractivity contribution in [2.75, 3.05) is 13.2 Å². The molecule has 0 bridgehead atoms. The summed E-state index contributed by atoms with van der Waals surface area (Å²) in [5.41, 5.74) is 3.76. The average Bonchev–Trinajstić information content (AvgIpc) is 2.70. The molecule has 0 spiro atoms. The van der Waals surface area contributed by atoms with Crippen molar-refractivity contribution in [2.45, 2.75) is 25.1 Å². The van der Waals surface area contributed by atoms with Crippen molar-refractivity contribution in [1.29, 1.82) is 0 Å². The van der Waals surface area contributed by atoms with Gasteiger partial charge in [-0.25, -0.2) is 0 Å². The fourth-order valence-electron chi connectivity index (χ4n) is 3.08. The van der Waals surface area contributed by atoms with Gasteiger partial charge in [-0.15, -0.1) is 11.6 Å². The van der Waals surface area contributed by atoms with E-state index in [1.807, 2.05) is 30.3 Å². The Kier molecular flexibility index (Phi) is 7.91. The molecule has 0 aliphatic rings. The molecule has 140 valence electrons. The third kappa shape index (κ3) is 7.18. The first-order chi connectivity index (χ1) is 13.3. The van der Waals surface area contributed by atoms with Crippen molar-refractivity contribution >= 4 is 11.6 Å². The first-order valence-electron chi connectivity index (χ1n) is 9.35. The summed E-state index contributed by atoms with van der Waals surface area (Å²) < 4.78 is 5.82. The summed E-state index contributed by atoms with van der Waals surface area (Å²) in [4.78, 5) is 2.38. The van der Waals surface area contributed by atoms with Gasteiger partial charge in [0, 0.05) is 19.6 Å². The summed E-state index contributed by atoms with van der Waals surface area (Å²) in [6.45, 7) is 3.66.